The van der Waals surface area contributed by atoms with Crippen LogP contribution in [0.3, 0.4) is 0 Å². The fourth-order valence-electron chi connectivity index (χ4n) is 0.344. The molecular formula is C2H8N2O6S2. The van der Waals surface area contributed by atoms with E-state index in [1.807, 2.05) is 0 Å². The fourth-order valence-corrected chi connectivity index (χ4v) is 1.83. The van der Waals surface area contributed by atoms with Gasteiger partial charge in [0.25, 0.3) is 4.20 Å². The number of nitrogens with two attached hydrogens (primary N) is 2. The Bertz CT molecular complexity index is 321. The second-order valence-corrected chi connectivity index (χ2v) is 5.58. The Balaban J connectivity index is 5.58. The lowest BCUT2D eigenvalue weighted by atomic mass is 10.7. The van der Waals surface area contributed by atoms with Gasteiger partial charge in [0.1, 0.15) is 0 Å². The summed E-state index contributed by atoms with van der Waals surface area (Å²) in [5, 5.41) is 0. The van der Waals surface area contributed by atoms with Gasteiger partial charge in [-0.15, -0.1) is 0 Å². The molecule has 0 aliphatic heterocycles. The monoisotopic (exact) mass is 220 g/mol. The molecule has 0 spiro atoms. The molecule has 10 heteroatoms. The molecule has 12 heavy (non-hydrogen) atoms. The van der Waals surface area contributed by atoms with Crippen molar-refractivity contribution in [2.75, 3.05) is 6.54 Å². The normalized spacial score (nSPS) is 14.7. The van der Waals surface area contributed by atoms with E-state index < -0.39 is 31.0 Å². The third kappa shape index (κ3) is 1.73. The van der Waals surface area contributed by atoms with Gasteiger partial charge in [-0.3, -0.25) is 14.8 Å². The van der Waals surface area contributed by atoms with E-state index in [1.54, 1.807) is 0 Å². The molecule has 0 saturated carbocycles. The Kier molecular flexibility index (Phi) is 2.84. The van der Waals surface area contributed by atoms with Gasteiger partial charge in [0.2, 0.25) is 0 Å². The van der Waals surface area contributed by atoms with Crippen LogP contribution in [0.1, 0.15) is 0 Å². The van der Waals surface area contributed by atoms with Crippen molar-refractivity contribution in [1.29, 1.82) is 0 Å². The molecule has 8 nitrogen and oxygen atoms in total. The SMILES string of the molecule is NCC(N)(S(=O)(=O)O)S(=O)(=O)O. The van der Waals surface area contributed by atoms with Crippen molar-refractivity contribution in [2.45, 2.75) is 4.20 Å². The quantitative estimate of drug-likeness (QED) is 0.374. The molecule has 0 fully saturated rings. The molecular weight excluding hydrogens is 212 g/mol. The van der Waals surface area contributed by atoms with Gasteiger partial charge >= 0.3 is 20.2 Å². The van der Waals surface area contributed by atoms with E-state index >= 15 is 0 Å². The summed E-state index contributed by atoms with van der Waals surface area (Å²) >= 11 is 0. The molecule has 0 radical (unpaired) electrons. The van der Waals surface area contributed by atoms with Crippen molar-refractivity contribution in [2.24, 2.45) is 11.5 Å². The van der Waals surface area contributed by atoms with E-state index in [0.29, 0.717) is 0 Å². The largest absolute Gasteiger partial charge is 0.327 e. The van der Waals surface area contributed by atoms with Crippen molar-refractivity contribution >= 4 is 20.2 Å². The van der Waals surface area contributed by atoms with Crippen molar-refractivity contribution in [3.8, 4) is 0 Å². The summed E-state index contributed by atoms with van der Waals surface area (Å²) in [6.45, 7) is -1.15. The Morgan fingerprint density at radius 2 is 1.33 bits per heavy atom. The highest BCUT2D eigenvalue weighted by atomic mass is 32.3. The number of hydrogen-bond acceptors (Lipinski definition) is 6. The summed E-state index contributed by atoms with van der Waals surface area (Å²) in [5.41, 5.74) is 9.33. The second-order valence-electron chi connectivity index (χ2n) is 1.97. The van der Waals surface area contributed by atoms with E-state index in [4.69, 9.17) is 9.11 Å². The summed E-state index contributed by atoms with van der Waals surface area (Å²) in [7, 11) is -10.3. The van der Waals surface area contributed by atoms with Gasteiger partial charge in [0, 0.05) is 6.54 Å². The zero-order valence-electron chi connectivity index (χ0n) is 5.71. The van der Waals surface area contributed by atoms with Crippen LogP contribution in [0.2, 0.25) is 0 Å². The first kappa shape index (κ1) is 11.7. The molecule has 0 aromatic carbocycles. The maximum absolute atomic E-state index is 10.3. The first-order valence-electron chi connectivity index (χ1n) is 2.49. The topological polar surface area (TPSA) is 161 Å². The zero-order valence-corrected chi connectivity index (χ0v) is 7.34. The van der Waals surface area contributed by atoms with Crippen LogP contribution in [-0.2, 0) is 20.2 Å². The first-order valence-corrected chi connectivity index (χ1v) is 5.37. The molecule has 0 amide bonds. The standard InChI is InChI=1S/C2H8N2O6S2/c3-1-2(4,11(5,6)7)12(8,9)10/h1,3-4H2,(H,5,6,7)(H,8,9,10). The molecule has 0 unspecified atom stereocenters. The van der Waals surface area contributed by atoms with Crippen molar-refractivity contribution < 1.29 is 25.9 Å². The molecule has 0 rings (SSSR count). The lowest BCUT2D eigenvalue weighted by Crippen LogP contribution is -2.59. The van der Waals surface area contributed by atoms with E-state index in [-0.39, 0.29) is 0 Å². The highest BCUT2D eigenvalue weighted by Gasteiger charge is 2.50. The Labute approximate surface area is 69.0 Å². The molecule has 0 heterocycles. The molecule has 0 aliphatic rings. The molecule has 0 aromatic heterocycles. The molecule has 0 aromatic rings. The van der Waals surface area contributed by atoms with Crippen molar-refractivity contribution in [1.82, 2.24) is 0 Å². The fraction of sp³-hybridized carbons (Fsp3) is 1.00. The Morgan fingerprint density at radius 1 is 1.08 bits per heavy atom. The third-order valence-electron chi connectivity index (χ3n) is 1.16. The Hall–Kier alpha value is -0.260. The highest BCUT2D eigenvalue weighted by Crippen LogP contribution is 2.14. The molecule has 0 aliphatic carbocycles. The summed E-state index contributed by atoms with van der Waals surface area (Å²) in [6.07, 6.45) is 0. The van der Waals surface area contributed by atoms with Gasteiger partial charge in [-0.25, -0.2) is 0 Å². The van der Waals surface area contributed by atoms with E-state index in [2.05, 4.69) is 11.5 Å². The van der Waals surface area contributed by atoms with E-state index in [9.17, 15) is 16.8 Å². The first-order chi connectivity index (χ1) is 5.06. The molecule has 0 atom stereocenters. The minimum absolute atomic E-state index is 1.15. The molecule has 0 saturated heterocycles. The number of rotatable bonds is 3. The molecule has 74 valence electrons. The maximum Gasteiger partial charge on any atom is 0.302 e. The maximum atomic E-state index is 10.3. The second kappa shape index (κ2) is 2.90. The minimum Gasteiger partial charge on any atom is -0.327 e. The summed E-state index contributed by atoms with van der Waals surface area (Å²) in [4.78, 5) is 0. The lowest BCUT2D eigenvalue weighted by molar-refractivity contribution is 0.425. The van der Waals surface area contributed by atoms with E-state index in [1.165, 1.54) is 0 Å². The molecule has 6 N–H and O–H groups in total. The third-order valence-corrected chi connectivity index (χ3v) is 4.50. The smallest absolute Gasteiger partial charge is 0.302 e. The average Bonchev–Trinajstić information content (AvgIpc) is 1.81. The van der Waals surface area contributed by atoms with Crippen molar-refractivity contribution in [3.63, 3.8) is 0 Å². The van der Waals surface area contributed by atoms with Gasteiger partial charge in [0.15, 0.2) is 0 Å². The predicted molar refractivity (Wildman–Crippen MR) is 39.1 cm³/mol. The van der Waals surface area contributed by atoms with Gasteiger partial charge in [-0.05, 0) is 0 Å². The van der Waals surface area contributed by atoms with Crippen LogP contribution in [0.4, 0.5) is 0 Å². The average molecular weight is 220 g/mol. The minimum atomic E-state index is -5.16. The lowest BCUT2D eigenvalue weighted by Gasteiger charge is -2.19. The van der Waals surface area contributed by atoms with Crippen LogP contribution in [0, 0.1) is 0 Å². The van der Waals surface area contributed by atoms with Gasteiger partial charge in [-0.1, -0.05) is 0 Å². The number of hydrogen-bond donors (Lipinski definition) is 4. The summed E-state index contributed by atoms with van der Waals surface area (Å²) in [5.74, 6) is 0. The summed E-state index contributed by atoms with van der Waals surface area (Å²) < 4.78 is 54.7. The molecule has 0 bridgehead atoms. The van der Waals surface area contributed by atoms with Crippen LogP contribution >= 0.6 is 0 Å². The van der Waals surface area contributed by atoms with Crippen LogP contribution in [0.15, 0.2) is 0 Å². The van der Waals surface area contributed by atoms with Crippen LogP contribution in [0.25, 0.3) is 0 Å². The van der Waals surface area contributed by atoms with Gasteiger partial charge < -0.3 is 5.73 Å². The van der Waals surface area contributed by atoms with Crippen LogP contribution < -0.4 is 11.5 Å². The highest BCUT2D eigenvalue weighted by molar-refractivity contribution is 8.05. The predicted octanol–water partition coefficient (Wildman–Crippen LogP) is -2.67. The van der Waals surface area contributed by atoms with Gasteiger partial charge in [-0.2, -0.15) is 16.8 Å². The summed E-state index contributed by atoms with van der Waals surface area (Å²) in [6, 6.07) is 0. The zero-order chi connectivity index (χ0) is 10.2. The Morgan fingerprint density at radius 3 is 1.33 bits per heavy atom. The van der Waals surface area contributed by atoms with E-state index in [0.717, 1.165) is 0 Å². The van der Waals surface area contributed by atoms with Gasteiger partial charge in [0.05, 0.1) is 0 Å². The van der Waals surface area contributed by atoms with Crippen LogP contribution in [0.5, 0.6) is 0 Å². The van der Waals surface area contributed by atoms with Crippen LogP contribution in [-0.4, -0.2) is 36.7 Å². The van der Waals surface area contributed by atoms with Crippen molar-refractivity contribution in [3.05, 3.63) is 0 Å².